The Bertz CT molecular complexity index is 911. The van der Waals surface area contributed by atoms with Crippen LogP contribution in [-0.4, -0.2) is 23.8 Å². The predicted molar refractivity (Wildman–Crippen MR) is 105 cm³/mol. The van der Waals surface area contributed by atoms with Crippen LogP contribution in [0.2, 0.25) is 0 Å². The number of ether oxygens (including phenoxy) is 1. The van der Waals surface area contributed by atoms with Gasteiger partial charge in [0.05, 0.1) is 5.69 Å². The molecule has 0 fully saturated rings. The van der Waals surface area contributed by atoms with Crippen molar-refractivity contribution >= 4 is 17.5 Å². The average Bonchev–Trinajstić information content (AvgIpc) is 2.70. The van der Waals surface area contributed by atoms with Gasteiger partial charge in [0.25, 0.3) is 0 Å². The SMILES string of the molecule is CN(Cc1ccccc1)C(=O)C(=O)Nc1ccccc1Oc1ccccc1. The number of amides is 2. The van der Waals surface area contributed by atoms with Crippen molar-refractivity contribution in [3.63, 3.8) is 0 Å². The summed E-state index contributed by atoms with van der Waals surface area (Å²) in [4.78, 5) is 26.2. The number of nitrogens with zero attached hydrogens (tertiary/aromatic N) is 1. The lowest BCUT2D eigenvalue weighted by molar-refractivity contribution is -0.142. The van der Waals surface area contributed by atoms with Gasteiger partial charge in [-0.15, -0.1) is 0 Å². The van der Waals surface area contributed by atoms with E-state index in [-0.39, 0.29) is 0 Å². The van der Waals surface area contributed by atoms with Crippen LogP contribution in [0.1, 0.15) is 5.56 Å². The molecule has 0 bridgehead atoms. The Morgan fingerprint density at radius 3 is 2.15 bits per heavy atom. The molecule has 2 amide bonds. The highest BCUT2D eigenvalue weighted by Crippen LogP contribution is 2.29. The normalized spacial score (nSPS) is 10.1. The lowest BCUT2D eigenvalue weighted by atomic mass is 10.2. The Morgan fingerprint density at radius 1 is 0.852 bits per heavy atom. The van der Waals surface area contributed by atoms with Crippen molar-refractivity contribution in [2.45, 2.75) is 6.54 Å². The highest BCUT2D eigenvalue weighted by Gasteiger charge is 2.20. The summed E-state index contributed by atoms with van der Waals surface area (Å²) < 4.78 is 5.81. The van der Waals surface area contributed by atoms with E-state index in [9.17, 15) is 9.59 Å². The van der Waals surface area contributed by atoms with Crippen molar-refractivity contribution < 1.29 is 14.3 Å². The molecule has 3 rings (SSSR count). The fourth-order valence-corrected chi connectivity index (χ4v) is 2.55. The van der Waals surface area contributed by atoms with Crippen LogP contribution in [-0.2, 0) is 16.1 Å². The second kappa shape index (κ2) is 8.67. The Morgan fingerprint density at radius 2 is 1.44 bits per heavy atom. The number of carbonyl (C=O) groups is 2. The van der Waals surface area contributed by atoms with Gasteiger partial charge in [-0.2, -0.15) is 0 Å². The number of benzene rings is 3. The van der Waals surface area contributed by atoms with Gasteiger partial charge in [-0.3, -0.25) is 9.59 Å². The second-order valence-electron chi connectivity index (χ2n) is 6.01. The molecule has 0 radical (unpaired) electrons. The summed E-state index contributed by atoms with van der Waals surface area (Å²) >= 11 is 0. The van der Waals surface area contributed by atoms with Crippen LogP contribution in [0.5, 0.6) is 11.5 Å². The van der Waals surface area contributed by atoms with E-state index in [4.69, 9.17) is 4.74 Å². The lowest BCUT2D eigenvalue weighted by Crippen LogP contribution is -2.36. The molecule has 0 aliphatic heterocycles. The summed E-state index contributed by atoms with van der Waals surface area (Å²) in [7, 11) is 1.60. The van der Waals surface area contributed by atoms with Gasteiger partial charge >= 0.3 is 11.8 Å². The highest BCUT2D eigenvalue weighted by atomic mass is 16.5. The van der Waals surface area contributed by atoms with E-state index in [1.165, 1.54) is 4.90 Å². The molecule has 136 valence electrons. The van der Waals surface area contributed by atoms with E-state index in [2.05, 4.69) is 5.32 Å². The zero-order valence-corrected chi connectivity index (χ0v) is 15.0. The van der Waals surface area contributed by atoms with Crippen LogP contribution in [0, 0.1) is 0 Å². The van der Waals surface area contributed by atoms with Crippen molar-refractivity contribution in [1.29, 1.82) is 0 Å². The molecule has 0 atom stereocenters. The molecule has 0 unspecified atom stereocenters. The first-order valence-electron chi connectivity index (χ1n) is 8.56. The largest absolute Gasteiger partial charge is 0.455 e. The lowest BCUT2D eigenvalue weighted by Gasteiger charge is -2.17. The van der Waals surface area contributed by atoms with Gasteiger partial charge in [0.2, 0.25) is 0 Å². The number of rotatable bonds is 5. The molecule has 0 aliphatic carbocycles. The Hall–Kier alpha value is -3.60. The summed E-state index contributed by atoms with van der Waals surface area (Å²) in [5, 5.41) is 2.64. The van der Waals surface area contributed by atoms with Gasteiger partial charge in [0.1, 0.15) is 5.75 Å². The van der Waals surface area contributed by atoms with Crippen LogP contribution in [0.4, 0.5) is 5.69 Å². The third-order valence-electron chi connectivity index (χ3n) is 3.91. The topological polar surface area (TPSA) is 58.6 Å². The third-order valence-corrected chi connectivity index (χ3v) is 3.91. The molecule has 0 saturated heterocycles. The Balaban J connectivity index is 1.67. The van der Waals surface area contributed by atoms with E-state index >= 15 is 0 Å². The summed E-state index contributed by atoms with van der Waals surface area (Å²) in [6.07, 6.45) is 0. The predicted octanol–water partition coefficient (Wildman–Crippen LogP) is 4.08. The van der Waals surface area contributed by atoms with Crippen molar-refractivity contribution in [3.8, 4) is 11.5 Å². The first-order chi connectivity index (χ1) is 13.1. The molecule has 27 heavy (non-hydrogen) atoms. The minimum absolute atomic E-state index is 0.356. The van der Waals surface area contributed by atoms with E-state index in [0.29, 0.717) is 23.7 Å². The standard InChI is InChI=1S/C22H20N2O3/c1-24(16-17-10-4-2-5-11-17)22(26)21(25)23-19-14-8-9-15-20(19)27-18-12-6-3-7-13-18/h2-15H,16H2,1H3,(H,23,25). The summed E-state index contributed by atoms with van der Waals surface area (Å²) in [5.41, 5.74) is 1.39. The van der Waals surface area contributed by atoms with Crippen molar-refractivity contribution in [2.24, 2.45) is 0 Å². The fraction of sp³-hybridized carbons (Fsp3) is 0.0909. The van der Waals surface area contributed by atoms with Gasteiger partial charge < -0.3 is 15.0 Å². The van der Waals surface area contributed by atoms with Crippen LogP contribution < -0.4 is 10.1 Å². The maximum absolute atomic E-state index is 12.4. The van der Waals surface area contributed by atoms with Crippen LogP contribution in [0.3, 0.4) is 0 Å². The first-order valence-corrected chi connectivity index (χ1v) is 8.56. The molecule has 5 nitrogen and oxygen atoms in total. The number of hydrogen-bond donors (Lipinski definition) is 1. The fourth-order valence-electron chi connectivity index (χ4n) is 2.55. The third kappa shape index (κ3) is 4.95. The number of likely N-dealkylation sites (N-methyl/N-ethyl adjacent to an activating group) is 1. The van der Waals surface area contributed by atoms with Crippen LogP contribution in [0.15, 0.2) is 84.9 Å². The van der Waals surface area contributed by atoms with E-state index < -0.39 is 11.8 Å². The Labute approximate surface area is 158 Å². The number of nitrogens with one attached hydrogen (secondary N) is 1. The molecule has 0 heterocycles. The smallest absolute Gasteiger partial charge is 0.314 e. The highest BCUT2D eigenvalue weighted by molar-refractivity contribution is 6.39. The molecular weight excluding hydrogens is 340 g/mol. The van der Waals surface area contributed by atoms with Crippen LogP contribution in [0.25, 0.3) is 0 Å². The van der Waals surface area contributed by atoms with Gasteiger partial charge in [-0.1, -0.05) is 60.7 Å². The van der Waals surface area contributed by atoms with Gasteiger partial charge in [0.15, 0.2) is 5.75 Å². The molecule has 3 aromatic rings. The van der Waals surface area contributed by atoms with E-state index in [1.807, 2.05) is 60.7 Å². The molecule has 3 aromatic carbocycles. The molecule has 0 aliphatic rings. The molecular formula is C22H20N2O3. The quantitative estimate of drug-likeness (QED) is 0.698. The molecule has 5 heteroatoms. The number of carbonyl (C=O) groups excluding carboxylic acids is 2. The second-order valence-corrected chi connectivity index (χ2v) is 6.01. The number of para-hydroxylation sites is 3. The average molecular weight is 360 g/mol. The van der Waals surface area contributed by atoms with Gasteiger partial charge in [0, 0.05) is 13.6 Å². The number of anilines is 1. The maximum atomic E-state index is 12.4. The zero-order chi connectivity index (χ0) is 19.1. The summed E-state index contributed by atoms with van der Waals surface area (Å²) in [6.45, 7) is 0.356. The van der Waals surface area contributed by atoms with Crippen molar-refractivity contribution in [3.05, 3.63) is 90.5 Å². The van der Waals surface area contributed by atoms with Crippen molar-refractivity contribution in [1.82, 2.24) is 4.90 Å². The molecule has 0 saturated carbocycles. The number of hydrogen-bond acceptors (Lipinski definition) is 3. The Kier molecular flexibility index (Phi) is 5.84. The van der Waals surface area contributed by atoms with Gasteiger partial charge in [-0.05, 0) is 29.8 Å². The molecule has 0 aromatic heterocycles. The van der Waals surface area contributed by atoms with Gasteiger partial charge in [-0.25, -0.2) is 0 Å². The summed E-state index contributed by atoms with van der Waals surface area (Å²) in [5.74, 6) is -0.215. The first kappa shape index (κ1) is 18.2. The summed E-state index contributed by atoms with van der Waals surface area (Å²) in [6, 6.07) is 25.8. The van der Waals surface area contributed by atoms with E-state index in [1.54, 1.807) is 31.3 Å². The van der Waals surface area contributed by atoms with E-state index in [0.717, 1.165) is 5.56 Å². The molecule has 0 spiro atoms. The minimum Gasteiger partial charge on any atom is -0.455 e. The van der Waals surface area contributed by atoms with Crippen molar-refractivity contribution in [2.75, 3.05) is 12.4 Å². The maximum Gasteiger partial charge on any atom is 0.314 e. The monoisotopic (exact) mass is 360 g/mol. The van der Waals surface area contributed by atoms with Crippen LogP contribution >= 0.6 is 0 Å². The zero-order valence-electron chi connectivity index (χ0n) is 15.0. The minimum atomic E-state index is -0.711. The molecule has 1 N–H and O–H groups in total.